The zero-order valence-electron chi connectivity index (χ0n) is 13.4. The van der Waals surface area contributed by atoms with Crippen molar-refractivity contribution in [3.05, 3.63) is 23.4 Å². The SMILES string of the molecule is CCOP(=O)(OCC)/C(=C/C(F)=C/N(CC)CC)C(C)=O. The summed E-state index contributed by atoms with van der Waals surface area (Å²) in [7, 11) is -3.79. The predicted molar refractivity (Wildman–Crippen MR) is 81.7 cm³/mol. The van der Waals surface area contributed by atoms with E-state index >= 15 is 0 Å². The maximum Gasteiger partial charge on any atom is 0.365 e. The van der Waals surface area contributed by atoms with Gasteiger partial charge < -0.3 is 13.9 Å². The number of hydrogen-bond donors (Lipinski definition) is 0. The number of halogens is 1. The third-order valence-electron chi connectivity index (χ3n) is 2.65. The van der Waals surface area contributed by atoms with Gasteiger partial charge in [-0.25, -0.2) is 4.39 Å². The van der Waals surface area contributed by atoms with Crippen LogP contribution in [0.1, 0.15) is 34.6 Å². The molecule has 7 heteroatoms. The smallest absolute Gasteiger partial charge is 0.365 e. The average Bonchev–Trinajstić information content (AvgIpc) is 2.42. The Balaban J connectivity index is 5.61. The highest BCUT2D eigenvalue weighted by Crippen LogP contribution is 2.56. The van der Waals surface area contributed by atoms with E-state index in [1.165, 1.54) is 13.1 Å². The van der Waals surface area contributed by atoms with Crippen molar-refractivity contribution >= 4 is 13.4 Å². The monoisotopic (exact) mass is 321 g/mol. The second-order valence-corrected chi connectivity index (χ2v) is 6.15. The maximum atomic E-state index is 14.0. The summed E-state index contributed by atoms with van der Waals surface area (Å²) < 4.78 is 36.8. The van der Waals surface area contributed by atoms with E-state index in [-0.39, 0.29) is 18.5 Å². The molecule has 5 nitrogen and oxygen atoms in total. The molecular formula is C14H25FNO4P. The van der Waals surface area contributed by atoms with E-state index in [0.717, 1.165) is 6.08 Å². The fraction of sp³-hybridized carbons (Fsp3) is 0.643. The van der Waals surface area contributed by atoms with Crippen LogP contribution in [0, 0.1) is 0 Å². The number of ketones is 1. The normalized spacial score (nSPS) is 13.4. The summed E-state index contributed by atoms with van der Waals surface area (Å²) in [6, 6.07) is 0. The van der Waals surface area contributed by atoms with Gasteiger partial charge in [-0.1, -0.05) is 0 Å². The fourth-order valence-corrected chi connectivity index (χ4v) is 3.34. The van der Waals surface area contributed by atoms with Gasteiger partial charge >= 0.3 is 7.60 Å². The summed E-state index contributed by atoms with van der Waals surface area (Å²) in [5.41, 5.74) is 0. The third kappa shape index (κ3) is 6.55. The molecule has 0 aliphatic heterocycles. The molecule has 21 heavy (non-hydrogen) atoms. The van der Waals surface area contributed by atoms with Gasteiger partial charge in [0.2, 0.25) is 0 Å². The molecule has 0 aliphatic carbocycles. The Labute approximate surface area is 126 Å². The summed E-state index contributed by atoms with van der Waals surface area (Å²) in [6.07, 6.45) is 2.21. The quantitative estimate of drug-likeness (QED) is 0.347. The first-order valence-corrected chi connectivity index (χ1v) is 8.62. The summed E-state index contributed by atoms with van der Waals surface area (Å²) in [4.78, 5) is 13.4. The number of allylic oxidation sites excluding steroid dienone is 3. The molecule has 0 saturated carbocycles. The Hall–Kier alpha value is -0.970. The number of carbonyl (C=O) groups excluding carboxylic acids is 1. The van der Waals surface area contributed by atoms with Crippen molar-refractivity contribution < 1.29 is 22.8 Å². The standard InChI is InChI=1S/C14H25FNO4P/c1-6-16(7-2)11-13(15)10-14(12(5)17)21(18,19-8-3)20-9-4/h10-11H,6-9H2,1-5H3/b13-11-,14-10+. The maximum absolute atomic E-state index is 14.0. The number of rotatable bonds is 10. The van der Waals surface area contributed by atoms with Crippen molar-refractivity contribution in [2.45, 2.75) is 34.6 Å². The van der Waals surface area contributed by atoms with Gasteiger partial charge in [0.25, 0.3) is 0 Å². The molecule has 0 radical (unpaired) electrons. The summed E-state index contributed by atoms with van der Waals surface area (Å²) in [5, 5.41) is -0.271. The number of carbonyl (C=O) groups is 1. The van der Waals surface area contributed by atoms with E-state index in [9.17, 15) is 13.8 Å². The number of hydrogen-bond acceptors (Lipinski definition) is 5. The molecule has 0 aromatic heterocycles. The second kappa shape index (κ2) is 9.87. The minimum atomic E-state index is -3.79. The van der Waals surface area contributed by atoms with Crippen LogP contribution < -0.4 is 0 Å². The van der Waals surface area contributed by atoms with Crippen LogP contribution in [-0.4, -0.2) is 37.0 Å². The molecule has 0 aliphatic rings. The van der Waals surface area contributed by atoms with Crippen LogP contribution in [0.4, 0.5) is 4.39 Å². The molecule has 122 valence electrons. The summed E-state index contributed by atoms with van der Waals surface area (Å²) >= 11 is 0. The summed E-state index contributed by atoms with van der Waals surface area (Å²) in [6.45, 7) is 9.69. The Morgan fingerprint density at radius 2 is 1.62 bits per heavy atom. The van der Waals surface area contributed by atoms with E-state index < -0.39 is 19.2 Å². The van der Waals surface area contributed by atoms with Crippen LogP contribution in [0.2, 0.25) is 0 Å². The first-order chi connectivity index (χ1) is 9.84. The predicted octanol–water partition coefficient (Wildman–Crippen LogP) is 3.88. The molecule has 0 aromatic rings. The Bertz CT molecular complexity index is 434. The van der Waals surface area contributed by atoms with E-state index in [0.29, 0.717) is 13.1 Å². The largest absolute Gasteiger partial charge is 0.376 e. The van der Waals surface area contributed by atoms with Crippen molar-refractivity contribution in [1.82, 2.24) is 4.90 Å². The molecular weight excluding hydrogens is 296 g/mol. The molecule has 0 atom stereocenters. The highest BCUT2D eigenvalue weighted by Gasteiger charge is 2.33. The van der Waals surface area contributed by atoms with Gasteiger partial charge in [-0.2, -0.15) is 0 Å². The molecule has 0 spiro atoms. The van der Waals surface area contributed by atoms with Gasteiger partial charge in [0.1, 0.15) is 11.1 Å². The van der Waals surface area contributed by atoms with Crippen LogP contribution >= 0.6 is 7.60 Å². The van der Waals surface area contributed by atoms with Crippen LogP contribution in [-0.2, 0) is 18.4 Å². The third-order valence-corrected chi connectivity index (χ3v) is 4.88. The van der Waals surface area contributed by atoms with Crippen molar-refractivity contribution in [2.75, 3.05) is 26.3 Å². The minimum absolute atomic E-state index is 0.100. The lowest BCUT2D eigenvalue weighted by atomic mass is 10.3. The molecule has 0 amide bonds. The van der Waals surface area contributed by atoms with Gasteiger partial charge in [-0.15, -0.1) is 0 Å². The molecule has 0 rings (SSSR count). The average molecular weight is 321 g/mol. The van der Waals surface area contributed by atoms with Crippen molar-refractivity contribution in [3.8, 4) is 0 Å². The van der Waals surface area contributed by atoms with E-state index in [4.69, 9.17) is 9.05 Å². The van der Waals surface area contributed by atoms with Crippen LogP contribution in [0.5, 0.6) is 0 Å². The van der Waals surface area contributed by atoms with Crippen molar-refractivity contribution in [2.24, 2.45) is 0 Å². The first-order valence-electron chi connectivity index (χ1n) is 7.08. The lowest BCUT2D eigenvalue weighted by molar-refractivity contribution is -0.113. The van der Waals surface area contributed by atoms with Crippen molar-refractivity contribution in [1.29, 1.82) is 0 Å². The Morgan fingerprint density at radius 3 is 1.95 bits per heavy atom. The zero-order chi connectivity index (χ0) is 16.5. The number of nitrogens with zero attached hydrogens (tertiary/aromatic N) is 1. The second-order valence-electron chi connectivity index (χ2n) is 4.15. The lowest BCUT2D eigenvalue weighted by Crippen LogP contribution is -2.15. The molecule has 0 N–H and O–H groups in total. The lowest BCUT2D eigenvalue weighted by Gasteiger charge is -2.19. The molecule has 0 aromatic carbocycles. The van der Waals surface area contributed by atoms with Gasteiger partial charge in [-0.05, 0) is 40.7 Å². The van der Waals surface area contributed by atoms with Crippen LogP contribution in [0.15, 0.2) is 23.4 Å². The van der Waals surface area contributed by atoms with E-state index in [1.807, 2.05) is 13.8 Å². The van der Waals surface area contributed by atoms with E-state index in [2.05, 4.69) is 0 Å². The Kier molecular flexibility index (Phi) is 9.42. The Morgan fingerprint density at radius 1 is 1.14 bits per heavy atom. The van der Waals surface area contributed by atoms with Crippen LogP contribution in [0.3, 0.4) is 0 Å². The molecule has 0 heterocycles. The molecule has 0 bridgehead atoms. The van der Waals surface area contributed by atoms with Gasteiger partial charge in [0, 0.05) is 19.3 Å². The topological polar surface area (TPSA) is 55.8 Å². The fourth-order valence-electron chi connectivity index (χ4n) is 1.64. The van der Waals surface area contributed by atoms with Crippen molar-refractivity contribution in [3.63, 3.8) is 0 Å². The van der Waals surface area contributed by atoms with Gasteiger partial charge in [0.05, 0.1) is 13.2 Å². The van der Waals surface area contributed by atoms with Gasteiger partial charge in [-0.3, -0.25) is 9.36 Å². The molecule has 0 unspecified atom stereocenters. The molecule has 0 saturated heterocycles. The molecule has 0 fully saturated rings. The highest BCUT2D eigenvalue weighted by atomic mass is 31.2. The van der Waals surface area contributed by atoms with Crippen LogP contribution in [0.25, 0.3) is 0 Å². The first kappa shape index (κ1) is 20.0. The summed E-state index contributed by atoms with van der Waals surface area (Å²) in [5.74, 6) is -1.20. The minimum Gasteiger partial charge on any atom is -0.376 e. The zero-order valence-corrected chi connectivity index (χ0v) is 14.3. The number of Topliss-reactive ketones (excluding diaryl/α,β-unsaturated/α-hetero) is 1. The van der Waals surface area contributed by atoms with Gasteiger partial charge in [0.15, 0.2) is 5.78 Å². The van der Waals surface area contributed by atoms with E-state index in [1.54, 1.807) is 18.7 Å². The highest BCUT2D eigenvalue weighted by molar-refractivity contribution is 7.60.